The first kappa shape index (κ1) is 46.4. The Kier molecular flexibility index (Phi) is 13.8. The number of hydrogen-bond acceptors (Lipinski definition) is 6. The fourth-order valence-electron chi connectivity index (χ4n) is 4.04. The van der Waals surface area contributed by atoms with Crippen LogP contribution in [0.15, 0.2) is 0 Å². The second-order valence-electron chi connectivity index (χ2n) is 22.1. The van der Waals surface area contributed by atoms with Crippen LogP contribution < -0.4 is 0 Å². The molecule has 0 N–H and O–H groups in total. The van der Waals surface area contributed by atoms with Gasteiger partial charge in [-0.3, -0.25) is 4.79 Å². The van der Waals surface area contributed by atoms with E-state index in [1.165, 1.54) is 0 Å². The van der Waals surface area contributed by atoms with Crippen LogP contribution >= 0.6 is 0 Å². The number of carbonyl (C=O) groups is 1. The van der Waals surface area contributed by atoms with E-state index in [-0.39, 0.29) is 31.1 Å². The van der Waals surface area contributed by atoms with Gasteiger partial charge in [-0.05, 0) is 90.7 Å². The van der Waals surface area contributed by atoms with Crippen molar-refractivity contribution in [3.05, 3.63) is 0 Å². The fourth-order valence-corrected chi connectivity index (χ4v) is 9.89. The molecule has 7 nitrogen and oxygen atoms in total. The first-order chi connectivity index (χ1) is 20.6. The minimum Gasteiger partial charge on any atom is -0.415 e. The van der Waals surface area contributed by atoms with Crippen LogP contribution in [0.1, 0.15) is 104 Å². The third kappa shape index (κ3) is 10.5. The lowest BCUT2D eigenvalue weighted by Crippen LogP contribution is -2.73. The molecule has 0 aromatic rings. The van der Waals surface area contributed by atoms with Crippen molar-refractivity contribution in [1.82, 2.24) is 5.06 Å². The highest BCUT2D eigenvalue weighted by atomic mass is 28.4. The van der Waals surface area contributed by atoms with Crippen LogP contribution in [-0.2, 0) is 27.0 Å². The van der Waals surface area contributed by atoms with Gasteiger partial charge >= 0.3 is 0 Å². The van der Waals surface area contributed by atoms with Crippen LogP contribution in [0, 0.1) is 0 Å². The Morgan fingerprint density at radius 1 is 0.479 bits per heavy atom. The van der Waals surface area contributed by atoms with Crippen LogP contribution in [0.5, 0.6) is 0 Å². The van der Waals surface area contributed by atoms with Gasteiger partial charge in [0.1, 0.15) is 12.1 Å². The molecule has 48 heavy (non-hydrogen) atoms. The molecule has 1 fully saturated rings. The van der Waals surface area contributed by atoms with Crippen molar-refractivity contribution in [3.8, 4) is 0 Å². The highest BCUT2D eigenvalue weighted by molar-refractivity contribution is 6.76. The molecule has 0 bridgehead atoms. The third-order valence-electron chi connectivity index (χ3n) is 13.0. The number of rotatable bonds is 11. The van der Waals surface area contributed by atoms with Crippen molar-refractivity contribution in [1.29, 1.82) is 0 Å². The van der Waals surface area contributed by atoms with E-state index in [1.807, 2.05) is 0 Å². The van der Waals surface area contributed by atoms with Gasteiger partial charge in [-0.15, -0.1) is 0 Å². The second kappa shape index (κ2) is 14.3. The molecular formula is C36H81NO6Si5. The molecule has 0 unspecified atom stereocenters. The van der Waals surface area contributed by atoms with Gasteiger partial charge in [0.25, 0.3) is 5.91 Å². The molecule has 1 aliphatic rings. The molecule has 1 saturated heterocycles. The Morgan fingerprint density at radius 2 is 0.792 bits per heavy atom. The molecule has 0 radical (unpaired) electrons. The van der Waals surface area contributed by atoms with Crippen LogP contribution in [0.2, 0.25) is 90.7 Å². The van der Waals surface area contributed by atoms with Gasteiger partial charge < -0.3 is 22.2 Å². The summed E-state index contributed by atoms with van der Waals surface area (Å²) in [5.41, 5.74) is 0. The number of amides is 1. The molecule has 0 aliphatic carbocycles. The maximum atomic E-state index is 15.3. The van der Waals surface area contributed by atoms with Crippen molar-refractivity contribution < 1.29 is 27.0 Å². The number of carbonyl (C=O) groups excluding carboxylic acids is 1. The van der Waals surface area contributed by atoms with Crippen LogP contribution in [0.4, 0.5) is 0 Å². The summed E-state index contributed by atoms with van der Waals surface area (Å²) >= 11 is 0. The molecule has 1 rings (SSSR count). The molecule has 0 aromatic carbocycles. The summed E-state index contributed by atoms with van der Waals surface area (Å²) in [4.78, 5) is 15.3. The lowest BCUT2D eigenvalue weighted by Gasteiger charge is -2.56. The van der Waals surface area contributed by atoms with E-state index in [9.17, 15) is 0 Å². The summed E-state index contributed by atoms with van der Waals surface area (Å²) in [6.45, 7) is 56.5. The predicted octanol–water partition coefficient (Wildman–Crippen LogP) is 11.3. The van der Waals surface area contributed by atoms with Crippen LogP contribution in [-0.4, -0.2) is 83.5 Å². The first-order valence-electron chi connectivity index (χ1n) is 18.3. The largest absolute Gasteiger partial charge is 0.415 e. The summed E-state index contributed by atoms with van der Waals surface area (Å²) < 4.78 is 36.3. The quantitative estimate of drug-likeness (QED) is 0.195. The first-order valence-corrected chi connectivity index (χ1v) is 32.9. The van der Waals surface area contributed by atoms with Gasteiger partial charge in [0.15, 0.2) is 39.4 Å². The average Bonchev–Trinajstić information content (AvgIpc) is 2.79. The van der Waals surface area contributed by atoms with Gasteiger partial charge in [0.05, 0.1) is 12.7 Å². The van der Waals surface area contributed by atoms with E-state index in [0.717, 1.165) is 0 Å². The molecule has 1 heterocycles. The monoisotopic (exact) mass is 763 g/mol. The summed E-state index contributed by atoms with van der Waals surface area (Å²) in [5.74, 6) is -0.160. The molecule has 1 amide bonds. The van der Waals surface area contributed by atoms with Gasteiger partial charge in [0.2, 0.25) is 8.32 Å². The molecule has 1 aliphatic heterocycles. The zero-order valence-electron chi connectivity index (χ0n) is 36.4. The molecule has 12 heteroatoms. The second-order valence-corrected chi connectivity index (χ2v) is 45.9. The molecular weight excluding hydrogens is 683 g/mol. The Morgan fingerprint density at radius 3 is 1.12 bits per heavy atom. The van der Waals surface area contributed by atoms with Crippen molar-refractivity contribution in [2.45, 2.75) is 219 Å². The Balaban J connectivity index is 4.27. The van der Waals surface area contributed by atoms with E-state index < -0.39 is 65.9 Å². The molecule has 0 spiro atoms. The average molecular weight is 764 g/mol. The topological polar surface area (TPSA) is 66.5 Å². The van der Waals surface area contributed by atoms with E-state index in [4.69, 9.17) is 22.2 Å². The van der Waals surface area contributed by atoms with E-state index in [1.54, 1.807) is 5.06 Å². The third-order valence-corrected chi connectivity index (χ3v) is 35.2. The van der Waals surface area contributed by atoms with E-state index in [0.29, 0.717) is 6.61 Å². The van der Waals surface area contributed by atoms with Gasteiger partial charge in [-0.25, -0.2) is 5.06 Å². The highest BCUT2D eigenvalue weighted by Crippen LogP contribution is 2.47. The Hall–Kier alpha value is 0.354. The zero-order valence-corrected chi connectivity index (χ0v) is 41.4. The summed E-state index contributed by atoms with van der Waals surface area (Å²) in [5, 5.41) is 1.29. The Labute approximate surface area is 303 Å². The van der Waals surface area contributed by atoms with Gasteiger partial charge in [-0.1, -0.05) is 104 Å². The zero-order chi connectivity index (χ0) is 38.7. The number of hydrogen-bond donors (Lipinski definition) is 0. The van der Waals surface area contributed by atoms with Crippen molar-refractivity contribution in [2.24, 2.45) is 0 Å². The van der Waals surface area contributed by atoms with Crippen LogP contribution in [0.3, 0.4) is 0 Å². The lowest BCUT2D eigenvalue weighted by atomic mass is 9.95. The number of piperidine rings is 1. The molecule has 0 aromatic heterocycles. The number of nitrogens with zero attached hydrogens (tertiary/aromatic N) is 1. The smallest absolute Gasteiger partial charge is 0.276 e. The highest BCUT2D eigenvalue weighted by Gasteiger charge is 2.60. The van der Waals surface area contributed by atoms with Gasteiger partial charge in [-0.2, -0.15) is 0 Å². The van der Waals surface area contributed by atoms with E-state index in [2.05, 4.69) is 169 Å². The normalized spacial score (nSPS) is 23.6. The lowest BCUT2D eigenvalue weighted by molar-refractivity contribution is -0.220. The van der Waals surface area contributed by atoms with Crippen LogP contribution in [0.25, 0.3) is 0 Å². The Bertz CT molecular complexity index is 1100. The predicted molar refractivity (Wildman–Crippen MR) is 218 cm³/mol. The maximum Gasteiger partial charge on any atom is 0.276 e. The SMILES string of the molecule is CC(C)(C)[Si](C)(C)OC[C@H]1[C@H](O[Si](C)(C)C(C)(C)C)[C@H](O[Si](C)(C)C(C)(C)C)[C@@H](O[Si](C)(C)C(C)(C)C)C(=O)N1O[Si](C)(C)C(C)(C)C. The fraction of sp³-hybridized carbons (Fsp3) is 0.972. The summed E-state index contributed by atoms with van der Waals surface area (Å²) in [6, 6.07) is -0.496. The van der Waals surface area contributed by atoms with Crippen molar-refractivity contribution in [2.75, 3.05) is 6.61 Å². The van der Waals surface area contributed by atoms with Gasteiger partial charge in [0, 0.05) is 0 Å². The standard InChI is InChI=1S/C36H81NO6Si5/c1-32(2,3)44(16,17)39-26-27-28(40-45(18,19)33(4,5)6)29(41-46(20,21)34(7,8)9)30(42-47(22,23)35(10,11)12)31(38)37(27)43-48(24,25)36(13,14)15/h27-30H,26H2,1-25H3/t27-,28-,29-,30+/m0/s1. The summed E-state index contributed by atoms with van der Waals surface area (Å²) in [7, 11) is -12.0. The van der Waals surface area contributed by atoms with E-state index >= 15 is 4.79 Å². The molecule has 286 valence electrons. The number of hydroxylamine groups is 2. The maximum absolute atomic E-state index is 15.3. The molecule has 0 saturated carbocycles. The minimum absolute atomic E-state index is 0.00238. The molecule has 4 atom stereocenters. The van der Waals surface area contributed by atoms with Crippen molar-refractivity contribution in [3.63, 3.8) is 0 Å². The van der Waals surface area contributed by atoms with Crippen molar-refractivity contribution >= 4 is 47.5 Å². The summed E-state index contributed by atoms with van der Waals surface area (Å²) in [6.07, 6.45) is -1.96. The minimum atomic E-state index is -2.50.